The van der Waals surface area contributed by atoms with E-state index in [0.717, 1.165) is 19.4 Å². The Labute approximate surface area is 137 Å². The average molecular weight is 311 g/mol. The summed E-state index contributed by atoms with van der Waals surface area (Å²) in [5.41, 5.74) is 0. The zero-order valence-electron chi connectivity index (χ0n) is 14.8. The smallest absolute Gasteiger partial charge is 0.306 e. The number of esters is 1. The molecule has 1 fully saturated rings. The van der Waals surface area contributed by atoms with Crippen LogP contribution in [0.15, 0.2) is 0 Å². The van der Waals surface area contributed by atoms with Crippen molar-refractivity contribution in [2.75, 3.05) is 13.6 Å². The molecule has 0 amide bonds. The lowest BCUT2D eigenvalue weighted by molar-refractivity contribution is -0.148. The summed E-state index contributed by atoms with van der Waals surface area (Å²) in [5, 5.41) is 0. The van der Waals surface area contributed by atoms with Crippen molar-refractivity contribution < 1.29 is 9.53 Å². The maximum Gasteiger partial charge on any atom is 0.306 e. The number of likely N-dealkylation sites (tertiary alicyclic amines) is 1. The van der Waals surface area contributed by atoms with Gasteiger partial charge in [0.05, 0.1) is 0 Å². The summed E-state index contributed by atoms with van der Waals surface area (Å²) in [6.45, 7) is 5.21. The molecule has 1 heterocycles. The summed E-state index contributed by atoms with van der Waals surface area (Å²) in [6.07, 6.45) is 16.0. The first-order valence-electron chi connectivity index (χ1n) is 9.45. The number of carbonyl (C=O) groups excluding carboxylic acids is 1. The fourth-order valence-electron chi connectivity index (χ4n) is 3.03. The van der Waals surface area contributed by atoms with Crippen LogP contribution in [0.1, 0.15) is 90.4 Å². The number of carbonyl (C=O) groups is 1. The van der Waals surface area contributed by atoms with Gasteiger partial charge < -0.3 is 4.74 Å². The summed E-state index contributed by atoms with van der Waals surface area (Å²) >= 11 is 0. The van der Waals surface area contributed by atoms with Crippen molar-refractivity contribution in [2.45, 2.75) is 96.5 Å². The Kier molecular flexibility index (Phi) is 11.4. The molecule has 1 unspecified atom stereocenters. The van der Waals surface area contributed by atoms with Crippen LogP contribution in [-0.2, 0) is 9.53 Å². The van der Waals surface area contributed by atoms with E-state index >= 15 is 0 Å². The van der Waals surface area contributed by atoms with E-state index in [-0.39, 0.29) is 12.1 Å². The predicted molar refractivity (Wildman–Crippen MR) is 92.5 cm³/mol. The summed E-state index contributed by atoms with van der Waals surface area (Å²) < 4.78 is 5.46. The third-order valence-electron chi connectivity index (χ3n) is 4.45. The minimum atomic E-state index is -0.00961. The van der Waals surface area contributed by atoms with Gasteiger partial charge in [-0.05, 0) is 13.5 Å². The van der Waals surface area contributed by atoms with Crippen LogP contribution in [0.5, 0.6) is 0 Å². The summed E-state index contributed by atoms with van der Waals surface area (Å²) in [5.74, 6) is -0.00961. The van der Waals surface area contributed by atoms with Crippen molar-refractivity contribution in [3.8, 4) is 0 Å². The molecular weight excluding hydrogens is 274 g/mol. The van der Waals surface area contributed by atoms with E-state index in [2.05, 4.69) is 18.4 Å². The van der Waals surface area contributed by atoms with Gasteiger partial charge >= 0.3 is 5.97 Å². The molecule has 1 radical (unpaired) electrons. The molecule has 0 spiro atoms. The lowest BCUT2D eigenvalue weighted by Gasteiger charge is -2.12. The topological polar surface area (TPSA) is 29.5 Å². The van der Waals surface area contributed by atoms with E-state index in [0.29, 0.717) is 6.42 Å². The molecule has 0 saturated carbocycles. The normalized spacial score (nSPS) is 18.7. The van der Waals surface area contributed by atoms with Crippen LogP contribution in [0, 0.1) is 6.54 Å². The number of hydrogen-bond donors (Lipinski definition) is 0. The van der Waals surface area contributed by atoms with E-state index < -0.39 is 0 Å². The zero-order valence-corrected chi connectivity index (χ0v) is 14.8. The van der Waals surface area contributed by atoms with Crippen LogP contribution in [-0.4, -0.2) is 30.6 Å². The van der Waals surface area contributed by atoms with Crippen LogP contribution in [0.3, 0.4) is 0 Å². The quantitative estimate of drug-likeness (QED) is 0.350. The minimum Gasteiger partial charge on any atom is -0.461 e. The van der Waals surface area contributed by atoms with Crippen molar-refractivity contribution in [1.29, 1.82) is 0 Å². The zero-order chi connectivity index (χ0) is 16.0. The van der Waals surface area contributed by atoms with Gasteiger partial charge in [0.2, 0.25) is 0 Å². The van der Waals surface area contributed by atoms with Crippen LogP contribution in [0.2, 0.25) is 0 Å². The van der Waals surface area contributed by atoms with Crippen molar-refractivity contribution in [3.63, 3.8) is 0 Å². The second-order valence-corrected chi connectivity index (χ2v) is 6.76. The number of ether oxygens (including phenoxy) is 1. The largest absolute Gasteiger partial charge is 0.461 e. The number of nitrogens with zero attached hydrogens (tertiary/aromatic N) is 1. The Morgan fingerprint density at radius 2 is 1.55 bits per heavy atom. The maximum atomic E-state index is 11.7. The molecule has 22 heavy (non-hydrogen) atoms. The van der Waals surface area contributed by atoms with Gasteiger partial charge in [0.25, 0.3) is 0 Å². The molecule has 1 rings (SSSR count). The minimum absolute atomic E-state index is 0.00961. The Morgan fingerprint density at radius 1 is 1.00 bits per heavy atom. The van der Waals surface area contributed by atoms with Crippen molar-refractivity contribution in [2.24, 2.45) is 0 Å². The van der Waals surface area contributed by atoms with Crippen molar-refractivity contribution in [3.05, 3.63) is 6.54 Å². The van der Waals surface area contributed by atoms with Crippen LogP contribution in [0.4, 0.5) is 0 Å². The summed E-state index contributed by atoms with van der Waals surface area (Å²) in [7, 11) is 2.03. The molecule has 0 N–H and O–H groups in total. The second-order valence-electron chi connectivity index (χ2n) is 6.76. The van der Waals surface area contributed by atoms with Crippen molar-refractivity contribution >= 4 is 5.97 Å². The number of unbranched alkanes of at least 4 members (excludes halogenated alkanes) is 10. The third kappa shape index (κ3) is 10.2. The van der Waals surface area contributed by atoms with Gasteiger partial charge in [-0.15, -0.1) is 0 Å². The Morgan fingerprint density at radius 3 is 2.05 bits per heavy atom. The van der Waals surface area contributed by atoms with Gasteiger partial charge in [0.15, 0.2) is 0 Å². The lowest BCUT2D eigenvalue weighted by Crippen LogP contribution is -2.21. The molecule has 0 aromatic rings. The molecule has 1 aliphatic heterocycles. The van der Waals surface area contributed by atoms with Crippen LogP contribution in [0.25, 0.3) is 0 Å². The average Bonchev–Trinajstić information content (AvgIpc) is 2.90. The standard InChI is InChI=1S/C19H36NO2/c1-3-4-5-6-7-8-9-10-11-12-13-14-19(21)22-18-15-16-20(2)17-18/h16,18H,3-15,17H2,1-2H3. The highest BCUT2D eigenvalue weighted by Crippen LogP contribution is 2.16. The lowest BCUT2D eigenvalue weighted by atomic mass is 10.1. The molecule has 1 aliphatic rings. The third-order valence-corrected chi connectivity index (χ3v) is 4.45. The maximum absolute atomic E-state index is 11.7. The molecule has 129 valence electrons. The molecule has 0 aliphatic carbocycles. The van der Waals surface area contributed by atoms with Gasteiger partial charge in [0, 0.05) is 25.9 Å². The number of hydrogen-bond acceptors (Lipinski definition) is 3. The number of likely N-dealkylation sites (N-methyl/N-ethyl adjacent to an activating group) is 1. The Hall–Kier alpha value is -0.570. The monoisotopic (exact) mass is 310 g/mol. The van der Waals surface area contributed by atoms with E-state index in [1.165, 1.54) is 64.2 Å². The molecule has 1 atom stereocenters. The highest BCUT2D eigenvalue weighted by Gasteiger charge is 2.22. The van der Waals surface area contributed by atoms with Crippen LogP contribution < -0.4 is 0 Å². The van der Waals surface area contributed by atoms with Crippen LogP contribution >= 0.6 is 0 Å². The molecule has 0 aromatic heterocycles. The van der Waals surface area contributed by atoms with E-state index in [1.807, 2.05) is 7.05 Å². The van der Waals surface area contributed by atoms with E-state index in [1.54, 1.807) is 0 Å². The van der Waals surface area contributed by atoms with E-state index in [4.69, 9.17) is 4.74 Å². The van der Waals surface area contributed by atoms with E-state index in [9.17, 15) is 4.79 Å². The predicted octanol–water partition coefficient (Wildman–Crippen LogP) is 5.10. The molecule has 0 bridgehead atoms. The summed E-state index contributed by atoms with van der Waals surface area (Å²) in [4.78, 5) is 13.8. The molecule has 0 aromatic carbocycles. The Bertz CT molecular complexity index is 281. The van der Waals surface area contributed by atoms with Gasteiger partial charge in [0.1, 0.15) is 6.10 Å². The van der Waals surface area contributed by atoms with Gasteiger partial charge in [-0.25, -0.2) is 0 Å². The second kappa shape index (κ2) is 12.9. The Balaban J connectivity index is 1.80. The molecule has 3 nitrogen and oxygen atoms in total. The first-order chi connectivity index (χ1) is 10.7. The van der Waals surface area contributed by atoms with Gasteiger partial charge in [-0.1, -0.05) is 71.1 Å². The van der Waals surface area contributed by atoms with Gasteiger partial charge in [-0.2, -0.15) is 0 Å². The molecule has 3 heteroatoms. The van der Waals surface area contributed by atoms with Crippen molar-refractivity contribution in [1.82, 2.24) is 4.90 Å². The number of rotatable bonds is 13. The first-order valence-corrected chi connectivity index (χ1v) is 9.45. The fourth-order valence-corrected chi connectivity index (χ4v) is 3.03. The molecule has 1 saturated heterocycles. The van der Waals surface area contributed by atoms with Gasteiger partial charge in [-0.3, -0.25) is 9.69 Å². The highest BCUT2D eigenvalue weighted by atomic mass is 16.5. The SMILES string of the molecule is CCCCCCCCCCCCCC(=O)OC1C[CH]N(C)C1. The molecular formula is C19H36NO2. The highest BCUT2D eigenvalue weighted by molar-refractivity contribution is 5.69. The summed E-state index contributed by atoms with van der Waals surface area (Å²) in [6, 6.07) is 0. The first kappa shape index (κ1) is 19.5. The fraction of sp³-hybridized carbons (Fsp3) is 0.895.